The van der Waals surface area contributed by atoms with Crippen LogP contribution in [0.4, 0.5) is 10.1 Å². The standard InChI is InChI=1S/C29H28FN3O4S/c1-4-32(5-2)24-14-8-21(9-15-24)27(34)19-33-29(35)28(22-6-12-23(30)13-7-22)26(18-31-33)20-10-16-25(17-11-20)38(3,36)37/h6-18H,4-5,19H2,1-3H3. The Bertz CT molecular complexity index is 1610. The van der Waals surface area contributed by atoms with Gasteiger partial charge in [0.2, 0.25) is 0 Å². The summed E-state index contributed by atoms with van der Waals surface area (Å²) < 4.78 is 38.5. The van der Waals surface area contributed by atoms with Crippen LogP contribution < -0.4 is 10.5 Å². The number of benzene rings is 3. The number of hydrogen-bond acceptors (Lipinski definition) is 6. The Kier molecular flexibility index (Phi) is 7.87. The minimum absolute atomic E-state index is 0.142. The molecule has 196 valence electrons. The molecule has 0 radical (unpaired) electrons. The van der Waals surface area contributed by atoms with Crippen molar-refractivity contribution >= 4 is 21.3 Å². The summed E-state index contributed by atoms with van der Waals surface area (Å²) in [5.41, 5.74) is 2.63. The van der Waals surface area contributed by atoms with Gasteiger partial charge in [0.25, 0.3) is 5.56 Å². The summed E-state index contributed by atoms with van der Waals surface area (Å²) in [5.74, 6) is -0.730. The molecule has 4 aromatic rings. The third-order valence-electron chi connectivity index (χ3n) is 6.38. The number of ketones is 1. The van der Waals surface area contributed by atoms with E-state index in [9.17, 15) is 22.4 Å². The average molecular weight is 534 g/mol. The smallest absolute Gasteiger partial charge is 0.275 e. The highest BCUT2D eigenvalue weighted by Gasteiger charge is 2.18. The molecular weight excluding hydrogens is 505 g/mol. The van der Waals surface area contributed by atoms with Gasteiger partial charge in [0.05, 0.1) is 16.7 Å². The van der Waals surface area contributed by atoms with Crippen molar-refractivity contribution < 1.29 is 17.6 Å². The summed E-state index contributed by atoms with van der Waals surface area (Å²) in [6.45, 7) is 5.54. The molecule has 38 heavy (non-hydrogen) atoms. The highest BCUT2D eigenvalue weighted by molar-refractivity contribution is 7.90. The topological polar surface area (TPSA) is 89.3 Å². The molecule has 0 aliphatic rings. The van der Waals surface area contributed by atoms with Crippen molar-refractivity contribution in [3.05, 3.63) is 101 Å². The van der Waals surface area contributed by atoms with Crippen LogP contribution in [0.25, 0.3) is 22.3 Å². The lowest BCUT2D eigenvalue weighted by Gasteiger charge is -2.21. The Balaban J connectivity index is 1.73. The maximum atomic E-state index is 13.6. The lowest BCUT2D eigenvalue weighted by atomic mass is 9.97. The molecule has 0 aliphatic carbocycles. The zero-order valence-electron chi connectivity index (χ0n) is 21.4. The molecule has 7 nitrogen and oxygen atoms in total. The van der Waals surface area contributed by atoms with E-state index in [1.54, 1.807) is 24.3 Å². The summed E-state index contributed by atoms with van der Waals surface area (Å²) in [4.78, 5) is 29.0. The van der Waals surface area contributed by atoms with Crippen molar-refractivity contribution in [2.45, 2.75) is 25.3 Å². The highest BCUT2D eigenvalue weighted by Crippen LogP contribution is 2.30. The fraction of sp³-hybridized carbons (Fsp3) is 0.207. The number of anilines is 1. The van der Waals surface area contributed by atoms with Crippen molar-refractivity contribution in [1.29, 1.82) is 0 Å². The van der Waals surface area contributed by atoms with Gasteiger partial charge < -0.3 is 4.90 Å². The van der Waals surface area contributed by atoms with Crippen LogP contribution in [0.2, 0.25) is 0 Å². The first kappa shape index (κ1) is 26.9. The van der Waals surface area contributed by atoms with Crippen LogP contribution in [0, 0.1) is 5.82 Å². The number of nitrogens with zero attached hydrogens (tertiary/aromatic N) is 3. The van der Waals surface area contributed by atoms with E-state index in [4.69, 9.17) is 0 Å². The molecular formula is C29H28FN3O4S. The van der Waals surface area contributed by atoms with Crippen molar-refractivity contribution in [2.75, 3.05) is 24.2 Å². The fourth-order valence-corrected chi connectivity index (χ4v) is 4.90. The zero-order valence-corrected chi connectivity index (χ0v) is 22.2. The Morgan fingerprint density at radius 2 is 1.47 bits per heavy atom. The molecule has 0 fully saturated rings. The van der Waals surface area contributed by atoms with Gasteiger partial charge in [-0.3, -0.25) is 9.59 Å². The molecule has 0 spiro atoms. The molecule has 1 heterocycles. The Morgan fingerprint density at radius 3 is 2.03 bits per heavy atom. The molecule has 0 N–H and O–H groups in total. The molecule has 0 saturated carbocycles. The van der Waals surface area contributed by atoms with Gasteiger partial charge >= 0.3 is 0 Å². The number of aromatic nitrogens is 2. The van der Waals surface area contributed by atoms with E-state index in [2.05, 4.69) is 23.8 Å². The summed E-state index contributed by atoms with van der Waals surface area (Å²) >= 11 is 0. The van der Waals surface area contributed by atoms with Crippen LogP contribution in [0.3, 0.4) is 0 Å². The Labute approximate surface area is 221 Å². The van der Waals surface area contributed by atoms with Crippen LogP contribution in [-0.4, -0.2) is 43.3 Å². The van der Waals surface area contributed by atoms with Gasteiger partial charge in [-0.05, 0) is 73.5 Å². The number of hydrogen-bond donors (Lipinski definition) is 0. The third kappa shape index (κ3) is 5.73. The van der Waals surface area contributed by atoms with Crippen molar-refractivity contribution in [3.8, 4) is 22.3 Å². The SMILES string of the molecule is CCN(CC)c1ccc(C(=O)Cn2ncc(-c3ccc(S(C)(=O)=O)cc3)c(-c3ccc(F)cc3)c2=O)cc1. The molecule has 0 saturated heterocycles. The van der Waals surface area contributed by atoms with E-state index in [-0.39, 0.29) is 22.8 Å². The second-order valence-corrected chi connectivity index (χ2v) is 10.9. The highest BCUT2D eigenvalue weighted by atomic mass is 32.2. The lowest BCUT2D eigenvalue weighted by molar-refractivity contribution is 0.0965. The normalized spacial score (nSPS) is 11.4. The molecule has 0 unspecified atom stereocenters. The van der Waals surface area contributed by atoms with Gasteiger partial charge in [-0.25, -0.2) is 17.5 Å². The van der Waals surface area contributed by atoms with Gasteiger partial charge in [-0.1, -0.05) is 24.3 Å². The van der Waals surface area contributed by atoms with E-state index in [1.807, 2.05) is 12.1 Å². The van der Waals surface area contributed by atoms with Crippen molar-refractivity contribution in [3.63, 3.8) is 0 Å². The van der Waals surface area contributed by atoms with Crippen LogP contribution in [0.1, 0.15) is 24.2 Å². The summed E-state index contributed by atoms with van der Waals surface area (Å²) in [7, 11) is -3.40. The minimum atomic E-state index is -3.40. The first-order chi connectivity index (χ1) is 18.1. The summed E-state index contributed by atoms with van der Waals surface area (Å²) in [6, 6.07) is 18.8. The number of halogens is 1. The van der Waals surface area contributed by atoms with Gasteiger partial charge in [-0.15, -0.1) is 0 Å². The van der Waals surface area contributed by atoms with Gasteiger partial charge in [0.15, 0.2) is 15.6 Å². The third-order valence-corrected chi connectivity index (χ3v) is 7.51. The predicted octanol–water partition coefficient (Wildman–Crippen LogP) is 4.85. The van der Waals surface area contributed by atoms with Crippen LogP contribution in [0.5, 0.6) is 0 Å². The van der Waals surface area contributed by atoms with Crippen LogP contribution in [-0.2, 0) is 16.4 Å². The first-order valence-electron chi connectivity index (χ1n) is 12.2. The van der Waals surface area contributed by atoms with E-state index in [0.717, 1.165) is 29.7 Å². The number of Topliss-reactive ketones (excluding diaryl/α,β-unsaturated/α-hetero) is 1. The molecule has 0 aliphatic heterocycles. The first-order valence-corrected chi connectivity index (χ1v) is 14.1. The maximum absolute atomic E-state index is 13.6. The molecule has 0 atom stereocenters. The molecule has 4 rings (SSSR count). The largest absolute Gasteiger partial charge is 0.372 e. The van der Waals surface area contributed by atoms with E-state index in [1.165, 1.54) is 42.6 Å². The monoisotopic (exact) mass is 533 g/mol. The molecule has 0 amide bonds. The summed E-state index contributed by atoms with van der Waals surface area (Å²) in [6.07, 6.45) is 2.58. The summed E-state index contributed by atoms with van der Waals surface area (Å²) in [5, 5.41) is 4.25. The molecule has 0 bridgehead atoms. The number of sulfone groups is 1. The van der Waals surface area contributed by atoms with Crippen LogP contribution in [0.15, 0.2) is 88.7 Å². The number of carbonyl (C=O) groups is 1. The van der Waals surface area contributed by atoms with Crippen LogP contribution >= 0.6 is 0 Å². The number of carbonyl (C=O) groups excluding carboxylic acids is 1. The van der Waals surface area contributed by atoms with E-state index >= 15 is 0 Å². The fourth-order valence-electron chi connectivity index (χ4n) is 4.27. The minimum Gasteiger partial charge on any atom is -0.372 e. The lowest BCUT2D eigenvalue weighted by Crippen LogP contribution is -2.28. The van der Waals surface area contributed by atoms with Gasteiger partial charge in [-0.2, -0.15) is 5.10 Å². The molecule has 3 aromatic carbocycles. The Morgan fingerprint density at radius 1 is 0.895 bits per heavy atom. The zero-order chi connectivity index (χ0) is 27.4. The maximum Gasteiger partial charge on any atom is 0.275 e. The predicted molar refractivity (Wildman–Crippen MR) is 147 cm³/mol. The van der Waals surface area contributed by atoms with E-state index in [0.29, 0.717) is 22.3 Å². The second-order valence-electron chi connectivity index (χ2n) is 8.84. The van der Waals surface area contributed by atoms with Crippen molar-refractivity contribution in [1.82, 2.24) is 9.78 Å². The van der Waals surface area contributed by atoms with E-state index < -0.39 is 21.2 Å². The van der Waals surface area contributed by atoms with Gasteiger partial charge in [0.1, 0.15) is 12.4 Å². The number of rotatable bonds is 9. The molecule has 1 aromatic heterocycles. The molecule has 9 heteroatoms. The Hall–Kier alpha value is -4.11. The van der Waals surface area contributed by atoms with Gasteiger partial charge in [0, 0.05) is 36.2 Å². The second kappa shape index (κ2) is 11.1. The van der Waals surface area contributed by atoms with Crippen molar-refractivity contribution in [2.24, 2.45) is 0 Å². The average Bonchev–Trinajstić information content (AvgIpc) is 2.91. The quantitative estimate of drug-likeness (QED) is 0.286.